The Labute approximate surface area is 323 Å². The van der Waals surface area contributed by atoms with Crippen LogP contribution in [0.15, 0.2) is 55.0 Å². The van der Waals surface area contributed by atoms with Crippen LogP contribution in [0.3, 0.4) is 0 Å². The molecule has 0 unspecified atom stereocenters. The molecule has 0 radical (unpaired) electrons. The number of likely N-dealkylation sites (tertiary alicyclic amines) is 4. The third-order valence-corrected chi connectivity index (χ3v) is 12.4. The molecule has 3 aromatic heterocycles. The highest BCUT2D eigenvalue weighted by Gasteiger charge is 2.53. The number of ether oxygens (including phenoxy) is 1. The number of fused-ring (bicyclic) bond motifs is 1. The molecule has 12 nitrogen and oxygen atoms in total. The first-order valence-electron chi connectivity index (χ1n) is 18.2. The van der Waals surface area contributed by atoms with Crippen molar-refractivity contribution in [3.8, 4) is 39.5 Å². The number of aryl methyl sites for hydroxylation is 1. The fourth-order valence-corrected chi connectivity index (χ4v) is 9.63. The van der Waals surface area contributed by atoms with Crippen LogP contribution in [0.25, 0.3) is 44.8 Å². The van der Waals surface area contributed by atoms with Crippen molar-refractivity contribution in [3.05, 3.63) is 76.3 Å². The highest BCUT2D eigenvalue weighted by molar-refractivity contribution is 6.39. The smallest absolute Gasteiger partial charge is 0.237 e. The number of benzene rings is 2. The Balaban J connectivity index is 0.926. The molecule has 2 amide bonds. The van der Waals surface area contributed by atoms with E-state index >= 15 is 0 Å². The summed E-state index contributed by atoms with van der Waals surface area (Å²) in [6.45, 7) is 11.8. The number of amides is 2. The van der Waals surface area contributed by atoms with Crippen molar-refractivity contribution < 1.29 is 14.3 Å². The average molecular weight is 767 g/mol. The van der Waals surface area contributed by atoms with E-state index in [4.69, 9.17) is 47.9 Å². The van der Waals surface area contributed by atoms with E-state index in [1.165, 1.54) is 0 Å². The molecule has 0 atom stereocenters. The van der Waals surface area contributed by atoms with Gasteiger partial charge in [0.05, 0.1) is 40.9 Å². The summed E-state index contributed by atoms with van der Waals surface area (Å²) in [5, 5.41) is 1.03. The van der Waals surface area contributed by atoms with Gasteiger partial charge in [0.15, 0.2) is 5.65 Å². The summed E-state index contributed by atoms with van der Waals surface area (Å²) < 4.78 is 7.73. The number of aromatic nitrogens is 5. The van der Waals surface area contributed by atoms with E-state index in [1.54, 1.807) is 33.4 Å². The molecule has 278 valence electrons. The van der Waals surface area contributed by atoms with E-state index in [2.05, 4.69) is 16.0 Å². The van der Waals surface area contributed by atoms with Gasteiger partial charge in [-0.3, -0.25) is 29.4 Å². The zero-order valence-electron chi connectivity index (χ0n) is 30.8. The van der Waals surface area contributed by atoms with Gasteiger partial charge in [-0.25, -0.2) is 9.97 Å². The second-order valence-electron chi connectivity index (χ2n) is 15.8. The third-order valence-electron chi connectivity index (χ3n) is 11.6. The van der Waals surface area contributed by atoms with Gasteiger partial charge in [0.2, 0.25) is 17.7 Å². The van der Waals surface area contributed by atoms with E-state index in [9.17, 15) is 9.59 Å². The van der Waals surface area contributed by atoms with Crippen LogP contribution in [0, 0.1) is 10.8 Å². The lowest BCUT2D eigenvalue weighted by Gasteiger charge is -2.60. The fraction of sp³-hybridized carbons (Fsp3) is 0.400. The maximum absolute atomic E-state index is 11.7. The molecule has 4 aliphatic heterocycles. The lowest BCUT2D eigenvalue weighted by Crippen LogP contribution is -2.72. The number of hydrogen-bond acceptors (Lipinski definition) is 9. The number of carbonyl (C=O) groups is 2. The van der Waals surface area contributed by atoms with Crippen LogP contribution < -0.4 is 4.74 Å². The van der Waals surface area contributed by atoms with Crippen molar-refractivity contribution in [1.29, 1.82) is 0 Å². The minimum atomic E-state index is 0.138. The van der Waals surface area contributed by atoms with E-state index in [0.29, 0.717) is 39.4 Å². The van der Waals surface area contributed by atoms with E-state index in [1.807, 2.05) is 57.8 Å². The van der Waals surface area contributed by atoms with Crippen LogP contribution in [-0.2, 0) is 29.7 Å². The Hall–Kier alpha value is -4.62. The molecule has 0 saturated carbocycles. The number of nitrogens with zero attached hydrogens (tertiary/aromatic N) is 9. The molecular weight excluding hydrogens is 725 g/mol. The van der Waals surface area contributed by atoms with Crippen molar-refractivity contribution in [2.24, 2.45) is 17.9 Å². The van der Waals surface area contributed by atoms with Gasteiger partial charge in [0.25, 0.3) is 0 Å². The number of rotatable bonds is 8. The van der Waals surface area contributed by atoms with Gasteiger partial charge in [-0.2, -0.15) is 0 Å². The fourth-order valence-electron chi connectivity index (χ4n) is 8.98. The molecule has 4 saturated heterocycles. The molecule has 0 N–H and O–H groups in total. The van der Waals surface area contributed by atoms with Crippen LogP contribution in [-0.4, -0.2) is 115 Å². The molecule has 2 aromatic carbocycles. The number of hydrogen-bond donors (Lipinski definition) is 0. The SMILES string of the molecule is COc1nc(-c2cccc(-c3cccc(-c4cnc5c(CN6CC7(C6)CN(C(C)=O)C7)cn(C)c5n4)c3Cl)c2Cl)cnc1CN1CC2(C1)CN(C(C)=O)C2. The van der Waals surface area contributed by atoms with Gasteiger partial charge in [-0.15, -0.1) is 0 Å². The summed E-state index contributed by atoms with van der Waals surface area (Å²) in [7, 11) is 3.60. The second-order valence-corrected chi connectivity index (χ2v) is 16.5. The molecule has 0 bridgehead atoms. The number of halogens is 2. The van der Waals surface area contributed by atoms with Gasteiger partial charge in [0.1, 0.15) is 11.2 Å². The van der Waals surface area contributed by atoms with Crippen molar-refractivity contribution >= 4 is 46.2 Å². The monoisotopic (exact) mass is 765 g/mol. The molecule has 14 heteroatoms. The summed E-state index contributed by atoms with van der Waals surface area (Å²) in [6.07, 6.45) is 5.64. The van der Waals surface area contributed by atoms with Gasteiger partial charge in [-0.1, -0.05) is 59.6 Å². The molecule has 4 aliphatic rings. The third kappa shape index (κ3) is 5.90. The van der Waals surface area contributed by atoms with Crippen molar-refractivity contribution in [1.82, 2.24) is 44.1 Å². The van der Waals surface area contributed by atoms with Crippen LogP contribution in [0.5, 0.6) is 5.88 Å². The predicted molar refractivity (Wildman–Crippen MR) is 207 cm³/mol. The van der Waals surface area contributed by atoms with Crippen LogP contribution >= 0.6 is 23.2 Å². The highest BCUT2D eigenvalue weighted by Crippen LogP contribution is 2.44. The summed E-state index contributed by atoms with van der Waals surface area (Å²) in [6, 6.07) is 11.7. The van der Waals surface area contributed by atoms with Crippen LogP contribution in [0.2, 0.25) is 10.0 Å². The van der Waals surface area contributed by atoms with E-state index in [-0.39, 0.29) is 22.6 Å². The standard InChI is InChI=1S/C40H41Cl2N9O3/c1-24(52)50-20-39(21-50)16-48(17-39)14-26-13-47(3)37-36(26)44-12-31(45-37)29-9-5-7-27(34(29)41)28-8-6-10-30(35(28)42)32-11-43-33(38(46-32)54-4)15-49-18-40(19-49)22-51(23-40)25(2)53/h5-13H,14-23H2,1-4H3. The average Bonchev–Trinajstić information content (AvgIpc) is 3.39. The largest absolute Gasteiger partial charge is 0.480 e. The molecule has 2 spiro atoms. The topological polar surface area (TPSA) is 113 Å². The minimum Gasteiger partial charge on any atom is -0.480 e. The molecular formula is C40H41Cl2N9O3. The van der Waals surface area contributed by atoms with Crippen LogP contribution in [0.1, 0.15) is 25.1 Å². The molecule has 4 fully saturated rings. The lowest BCUT2D eigenvalue weighted by molar-refractivity contribution is -0.158. The maximum Gasteiger partial charge on any atom is 0.237 e. The Kier molecular flexibility index (Phi) is 8.46. The second kappa shape index (κ2) is 13.0. The zero-order chi connectivity index (χ0) is 37.5. The van der Waals surface area contributed by atoms with Gasteiger partial charge < -0.3 is 19.1 Å². The maximum atomic E-state index is 11.7. The Morgan fingerprint density at radius 1 is 0.722 bits per heavy atom. The van der Waals surface area contributed by atoms with E-state index < -0.39 is 0 Å². The predicted octanol–water partition coefficient (Wildman–Crippen LogP) is 5.40. The summed E-state index contributed by atoms with van der Waals surface area (Å²) >= 11 is 14.3. The zero-order valence-corrected chi connectivity index (χ0v) is 32.3. The molecule has 9 rings (SSSR count). The lowest BCUT2D eigenvalue weighted by atomic mass is 9.72. The highest BCUT2D eigenvalue weighted by atomic mass is 35.5. The minimum absolute atomic E-state index is 0.138. The summed E-state index contributed by atoms with van der Waals surface area (Å²) in [5.74, 6) is 0.753. The van der Waals surface area contributed by atoms with Gasteiger partial charge in [-0.05, 0) is 0 Å². The summed E-state index contributed by atoms with van der Waals surface area (Å²) in [5.41, 5.74) is 8.28. The first-order valence-corrected chi connectivity index (χ1v) is 18.9. The van der Waals surface area contributed by atoms with E-state index in [0.717, 1.165) is 98.0 Å². The van der Waals surface area contributed by atoms with Crippen molar-refractivity contribution in [3.63, 3.8) is 0 Å². The summed E-state index contributed by atoms with van der Waals surface area (Å²) in [4.78, 5) is 51.4. The first kappa shape index (κ1) is 35.1. The molecule has 5 aromatic rings. The first-order chi connectivity index (χ1) is 25.9. The number of methoxy groups -OCH3 is 1. The van der Waals surface area contributed by atoms with Crippen LogP contribution in [0.4, 0.5) is 0 Å². The number of carbonyl (C=O) groups excluding carboxylic acids is 2. The molecule has 0 aliphatic carbocycles. The normalized spacial score (nSPS) is 18.7. The Morgan fingerprint density at radius 3 is 1.76 bits per heavy atom. The van der Waals surface area contributed by atoms with Crippen molar-refractivity contribution in [2.45, 2.75) is 26.9 Å². The van der Waals surface area contributed by atoms with Gasteiger partial charge >= 0.3 is 0 Å². The van der Waals surface area contributed by atoms with Gasteiger partial charge in [0, 0.05) is 131 Å². The Bertz CT molecular complexity index is 2330. The molecule has 7 heterocycles. The molecule has 54 heavy (non-hydrogen) atoms. The van der Waals surface area contributed by atoms with Crippen molar-refractivity contribution in [2.75, 3.05) is 59.5 Å². The Morgan fingerprint density at radius 2 is 1.22 bits per heavy atom. The quantitative estimate of drug-likeness (QED) is 0.205.